The first kappa shape index (κ1) is 23.3. The fraction of sp³-hybridized carbons (Fsp3) is 0.500. The van der Waals surface area contributed by atoms with Crippen molar-refractivity contribution in [1.82, 2.24) is 14.9 Å². The quantitative estimate of drug-likeness (QED) is 0.572. The van der Waals surface area contributed by atoms with Crippen LogP contribution in [0.2, 0.25) is 5.15 Å². The number of amides is 1. The summed E-state index contributed by atoms with van der Waals surface area (Å²) in [4.78, 5) is 27.7. The third-order valence-electron chi connectivity index (χ3n) is 6.32. The molecular weight excluding hydrogens is 440 g/mol. The Kier molecular flexibility index (Phi) is 7.01. The van der Waals surface area contributed by atoms with Crippen LogP contribution in [-0.2, 0) is 9.53 Å². The largest absolute Gasteiger partial charge is 0.384 e. The second-order valence-corrected chi connectivity index (χ2v) is 9.06. The first-order chi connectivity index (χ1) is 15.9. The topological polar surface area (TPSA) is 85.6 Å². The van der Waals surface area contributed by atoms with Gasteiger partial charge in [-0.3, -0.25) is 4.79 Å². The summed E-state index contributed by atoms with van der Waals surface area (Å²) in [6, 6.07) is 8.01. The Morgan fingerprint density at radius 1 is 1.36 bits per heavy atom. The van der Waals surface area contributed by atoms with E-state index in [0.29, 0.717) is 55.1 Å². The van der Waals surface area contributed by atoms with Crippen molar-refractivity contribution in [3.63, 3.8) is 0 Å². The summed E-state index contributed by atoms with van der Waals surface area (Å²) in [5, 5.41) is 10.4. The second-order valence-electron chi connectivity index (χ2n) is 8.67. The number of rotatable bonds is 7. The van der Waals surface area contributed by atoms with Crippen LogP contribution in [0, 0.1) is 11.3 Å². The Hall–Kier alpha value is -2.89. The number of aromatic nitrogens is 2. The monoisotopic (exact) mass is 468 g/mol. The fourth-order valence-corrected chi connectivity index (χ4v) is 4.52. The molecule has 0 radical (unpaired) electrons. The van der Waals surface area contributed by atoms with Crippen LogP contribution in [0.5, 0.6) is 0 Å². The van der Waals surface area contributed by atoms with Gasteiger partial charge in [0.15, 0.2) is 0 Å². The first-order valence-corrected chi connectivity index (χ1v) is 11.6. The van der Waals surface area contributed by atoms with E-state index in [0.717, 1.165) is 29.9 Å². The third kappa shape index (κ3) is 5.05. The van der Waals surface area contributed by atoms with Gasteiger partial charge in [0.05, 0.1) is 30.0 Å². The van der Waals surface area contributed by atoms with Crippen LogP contribution < -0.4 is 9.80 Å². The molecule has 0 unspecified atom stereocenters. The van der Waals surface area contributed by atoms with Crippen molar-refractivity contribution in [3.8, 4) is 6.07 Å². The van der Waals surface area contributed by atoms with E-state index in [1.165, 1.54) is 0 Å². The predicted molar refractivity (Wildman–Crippen MR) is 128 cm³/mol. The molecule has 0 N–H and O–H groups in total. The zero-order valence-corrected chi connectivity index (χ0v) is 20.0. The molecule has 1 amide bonds. The number of anilines is 3. The van der Waals surface area contributed by atoms with Gasteiger partial charge in [-0.2, -0.15) is 5.26 Å². The Morgan fingerprint density at radius 2 is 2.15 bits per heavy atom. The van der Waals surface area contributed by atoms with E-state index in [1.807, 2.05) is 35.9 Å². The number of nitrogens with zero attached hydrogens (tertiary/aromatic N) is 6. The maximum atomic E-state index is 12.5. The molecule has 4 rings (SSSR count). The summed E-state index contributed by atoms with van der Waals surface area (Å²) in [5.74, 6) is 1.20. The lowest BCUT2D eigenvalue weighted by molar-refractivity contribution is -0.134. The molecule has 174 valence electrons. The highest BCUT2D eigenvalue weighted by Gasteiger charge is 2.33. The van der Waals surface area contributed by atoms with E-state index in [9.17, 15) is 10.1 Å². The number of piperazine rings is 1. The van der Waals surface area contributed by atoms with Crippen molar-refractivity contribution >= 4 is 34.7 Å². The fourth-order valence-electron chi connectivity index (χ4n) is 4.35. The molecule has 0 aromatic carbocycles. The highest BCUT2D eigenvalue weighted by atomic mass is 35.5. The standard InChI is InChI=1S/C24H29ClN6O2/c1-16-15-30(9-10-31(16)22(32)7-11-33-3)24-18(14-26)12-20(23(28-24)17-4-5-17)29(2)19-6-8-27-21(25)13-19/h6,8,12-13,16-17H,4-5,7,9-11,15H2,1-3H3/t16-/m1/s1. The van der Waals surface area contributed by atoms with Crippen molar-refractivity contribution in [1.29, 1.82) is 5.26 Å². The second kappa shape index (κ2) is 9.94. The van der Waals surface area contributed by atoms with Crippen molar-refractivity contribution in [2.24, 2.45) is 0 Å². The van der Waals surface area contributed by atoms with Crippen LogP contribution in [0.4, 0.5) is 17.2 Å². The Labute approximate surface area is 199 Å². The molecule has 3 heterocycles. The molecule has 1 aliphatic carbocycles. The van der Waals surface area contributed by atoms with Gasteiger partial charge in [0.1, 0.15) is 17.0 Å². The van der Waals surface area contributed by atoms with Crippen LogP contribution in [0.3, 0.4) is 0 Å². The Bertz CT molecular complexity index is 1070. The van der Waals surface area contributed by atoms with Crippen molar-refractivity contribution in [2.75, 3.05) is 50.2 Å². The lowest BCUT2D eigenvalue weighted by Crippen LogP contribution is -2.54. The van der Waals surface area contributed by atoms with Gasteiger partial charge in [0, 0.05) is 57.6 Å². The minimum absolute atomic E-state index is 0.0298. The highest BCUT2D eigenvalue weighted by molar-refractivity contribution is 6.29. The number of hydrogen-bond donors (Lipinski definition) is 0. The molecule has 9 heteroatoms. The van der Waals surface area contributed by atoms with Crippen LogP contribution in [0.25, 0.3) is 0 Å². The maximum absolute atomic E-state index is 12.5. The highest BCUT2D eigenvalue weighted by Crippen LogP contribution is 2.46. The third-order valence-corrected chi connectivity index (χ3v) is 6.53. The molecule has 2 aromatic rings. The number of halogens is 1. The van der Waals surface area contributed by atoms with Gasteiger partial charge >= 0.3 is 0 Å². The molecule has 8 nitrogen and oxygen atoms in total. The molecule has 1 saturated carbocycles. The summed E-state index contributed by atoms with van der Waals surface area (Å²) in [6.07, 6.45) is 4.24. The first-order valence-electron chi connectivity index (χ1n) is 11.3. The maximum Gasteiger partial charge on any atom is 0.225 e. The predicted octanol–water partition coefficient (Wildman–Crippen LogP) is 3.72. The minimum atomic E-state index is 0.0298. The van der Waals surface area contributed by atoms with Crippen molar-refractivity contribution in [2.45, 2.75) is 38.1 Å². The summed E-state index contributed by atoms with van der Waals surface area (Å²) in [7, 11) is 3.56. The van der Waals surface area contributed by atoms with Gasteiger partial charge in [0.2, 0.25) is 5.91 Å². The minimum Gasteiger partial charge on any atom is -0.384 e. The molecular formula is C24H29ClN6O2. The lowest BCUT2D eigenvalue weighted by Gasteiger charge is -2.41. The summed E-state index contributed by atoms with van der Waals surface area (Å²) >= 11 is 6.10. The van der Waals surface area contributed by atoms with Crippen LogP contribution in [0.15, 0.2) is 24.4 Å². The zero-order chi connectivity index (χ0) is 23.5. The molecule has 33 heavy (non-hydrogen) atoms. The van der Waals surface area contributed by atoms with Crippen LogP contribution >= 0.6 is 11.6 Å². The molecule has 0 bridgehead atoms. The van der Waals surface area contributed by atoms with E-state index in [2.05, 4.69) is 16.0 Å². The van der Waals surface area contributed by atoms with Gasteiger partial charge in [-0.25, -0.2) is 9.97 Å². The molecule has 2 fully saturated rings. The molecule has 1 atom stereocenters. The van der Waals surface area contributed by atoms with Crippen LogP contribution in [0.1, 0.15) is 43.4 Å². The number of pyridine rings is 2. The number of nitriles is 1. The molecule has 0 spiro atoms. The summed E-state index contributed by atoms with van der Waals surface area (Å²) in [6.45, 7) is 4.35. The number of methoxy groups -OCH3 is 1. The SMILES string of the molecule is COCCC(=O)N1CCN(c2nc(C3CC3)c(N(C)c3ccnc(Cl)c3)cc2C#N)C[C@H]1C. The van der Waals surface area contributed by atoms with Gasteiger partial charge in [-0.1, -0.05) is 11.6 Å². The Balaban J connectivity index is 1.62. The number of carbonyl (C=O) groups excluding carboxylic acids is 1. The van der Waals surface area contributed by atoms with Crippen LogP contribution in [-0.4, -0.2) is 67.2 Å². The number of ether oxygens (including phenoxy) is 1. The van der Waals surface area contributed by atoms with E-state index in [4.69, 9.17) is 21.3 Å². The average Bonchev–Trinajstić information content (AvgIpc) is 3.66. The smallest absolute Gasteiger partial charge is 0.225 e. The molecule has 1 aliphatic heterocycles. The molecule has 2 aliphatic rings. The number of hydrogen-bond acceptors (Lipinski definition) is 7. The van der Waals surface area contributed by atoms with E-state index in [-0.39, 0.29) is 11.9 Å². The van der Waals surface area contributed by atoms with Crippen molar-refractivity contribution in [3.05, 3.63) is 40.8 Å². The Morgan fingerprint density at radius 3 is 2.79 bits per heavy atom. The van der Waals surface area contributed by atoms with E-state index >= 15 is 0 Å². The average molecular weight is 469 g/mol. The normalized spacial score (nSPS) is 18.2. The summed E-state index contributed by atoms with van der Waals surface area (Å²) < 4.78 is 5.05. The van der Waals surface area contributed by atoms with E-state index in [1.54, 1.807) is 19.4 Å². The van der Waals surface area contributed by atoms with Gasteiger partial charge in [0.25, 0.3) is 0 Å². The van der Waals surface area contributed by atoms with Gasteiger partial charge < -0.3 is 19.4 Å². The molecule has 1 saturated heterocycles. The number of carbonyl (C=O) groups is 1. The van der Waals surface area contributed by atoms with Gasteiger partial charge in [-0.05, 0) is 38.0 Å². The van der Waals surface area contributed by atoms with Gasteiger partial charge in [-0.15, -0.1) is 0 Å². The van der Waals surface area contributed by atoms with Crippen molar-refractivity contribution < 1.29 is 9.53 Å². The summed E-state index contributed by atoms with van der Waals surface area (Å²) in [5.41, 5.74) is 3.35. The lowest BCUT2D eigenvalue weighted by atomic mass is 10.1. The van der Waals surface area contributed by atoms with E-state index < -0.39 is 0 Å². The molecule has 2 aromatic heterocycles. The zero-order valence-electron chi connectivity index (χ0n) is 19.3.